The molecule has 0 aliphatic carbocycles. The van der Waals surface area contributed by atoms with Crippen LogP contribution >= 0.6 is 0 Å². The molecule has 0 heterocycles. The first kappa shape index (κ1) is 26.2. The Kier molecular flexibility index (Phi) is 18.1. The van der Waals surface area contributed by atoms with Crippen molar-refractivity contribution in [3.8, 4) is 0 Å². The topological polar surface area (TPSA) is 126 Å². The fraction of sp³-hybridized carbons (Fsp3) is 0.947. The number of aliphatic hydroxyl groups is 4. The molecule has 0 amide bonds. The van der Waals surface area contributed by atoms with Gasteiger partial charge < -0.3 is 34.6 Å². The Hall–Kier alpha value is -0.770. The molecule has 0 aliphatic heterocycles. The molecule has 8 heteroatoms. The van der Waals surface area contributed by atoms with E-state index in [-0.39, 0.29) is 39.0 Å². The van der Waals surface area contributed by atoms with Crippen LogP contribution in [0.3, 0.4) is 0 Å². The van der Waals surface area contributed by atoms with Gasteiger partial charge in [0, 0.05) is 6.42 Å². The lowest BCUT2D eigenvalue weighted by Gasteiger charge is -2.15. The Balaban J connectivity index is 3.51. The van der Waals surface area contributed by atoms with E-state index in [1.165, 1.54) is 25.7 Å². The molecule has 0 rings (SSSR count). The molecule has 0 aromatic heterocycles. The number of rotatable bonds is 19. The summed E-state index contributed by atoms with van der Waals surface area (Å²) in [6.07, 6.45) is 5.40. The van der Waals surface area contributed by atoms with Crippen LogP contribution in [0.2, 0.25) is 0 Å². The molecule has 0 saturated heterocycles. The Morgan fingerprint density at radius 2 is 1.22 bits per heavy atom. The van der Waals surface area contributed by atoms with Gasteiger partial charge in [0.25, 0.3) is 0 Å². The number of esters is 1. The number of hydrogen-bond donors (Lipinski definition) is 4. The lowest BCUT2D eigenvalue weighted by Crippen LogP contribution is -2.29. The van der Waals surface area contributed by atoms with Crippen molar-refractivity contribution in [2.24, 2.45) is 0 Å². The van der Waals surface area contributed by atoms with E-state index >= 15 is 0 Å². The molecule has 0 aromatic rings. The van der Waals surface area contributed by atoms with Crippen molar-refractivity contribution in [2.45, 2.75) is 76.6 Å². The smallest absolute Gasteiger partial charge is 0.305 e. The predicted molar refractivity (Wildman–Crippen MR) is 100 cm³/mol. The van der Waals surface area contributed by atoms with Crippen molar-refractivity contribution in [1.82, 2.24) is 0 Å². The lowest BCUT2D eigenvalue weighted by atomic mass is 10.1. The van der Waals surface area contributed by atoms with E-state index < -0.39 is 24.9 Å². The minimum absolute atomic E-state index is 0.0550. The second kappa shape index (κ2) is 18.6. The van der Waals surface area contributed by atoms with Crippen LogP contribution in [-0.4, -0.2) is 84.3 Å². The van der Waals surface area contributed by atoms with Gasteiger partial charge in [-0.15, -0.1) is 0 Å². The van der Waals surface area contributed by atoms with Crippen LogP contribution < -0.4 is 0 Å². The molecule has 3 atom stereocenters. The van der Waals surface area contributed by atoms with E-state index in [2.05, 4.69) is 6.92 Å². The second-order valence-electron chi connectivity index (χ2n) is 6.77. The molecule has 0 saturated carbocycles. The summed E-state index contributed by atoms with van der Waals surface area (Å²) in [5.41, 5.74) is 0. The van der Waals surface area contributed by atoms with Crippen LogP contribution in [0.1, 0.15) is 58.3 Å². The number of carbonyl (C=O) groups excluding carboxylic acids is 1. The quantitative estimate of drug-likeness (QED) is 0.187. The fourth-order valence-corrected chi connectivity index (χ4v) is 2.32. The highest BCUT2D eigenvalue weighted by Crippen LogP contribution is 2.08. The summed E-state index contributed by atoms with van der Waals surface area (Å²) in [4.78, 5) is 11.6. The van der Waals surface area contributed by atoms with E-state index in [9.17, 15) is 15.0 Å². The van der Waals surface area contributed by atoms with E-state index in [1.54, 1.807) is 0 Å². The van der Waals surface area contributed by atoms with Crippen LogP contribution in [0, 0.1) is 0 Å². The minimum Gasteiger partial charge on any atom is -0.463 e. The number of hydrogen-bond acceptors (Lipinski definition) is 8. The first-order valence-corrected chi connectivity index (χ1v) is 9.95. The summed E-state index contributed by atoms with van der Waals surface area (Å²) < 4.78 is 15.1. The SMILES string of the molecule is CCCCCCCCCC(=O)OCC(O)COCC(O)COCC(O)CO. The average Bonchev–Trinajstić information content (AvgIpc) is 2.65. The van der Waals surface area contributed by atoms with E-state index in [4.69, 9.17) is 24.4 Å². The largest absolute Gasteiger partial charge is 0.463 e. The third kappa shape index (κ3) is 18.4. The first-order valence-electron chi connectivity index (χ1n) is 9.95. The highest BCUT2D eigenvalue weighted by atomic mass is 16.6. The third-order valence-electron chi connectivity index (χ3n) is 3.87. The van der Waals surface area contributed by atoms with Gasteiger partial charge in [-0.25, -0.2) is 0 Å². The van der Waals surface area contributed by atoms with Crippen LogP contribution in [-0.2, 0) is 19.0 Å². The summed E-state index contributed by atoms with van der Waals surface area (Å²) in [7, 11) is 0. The summed E-state index contributed by atoms with van der Waals surface area (Å²) in [6.45, 7) is 1.38. The van der Waals surface area contributed by atoms with Crippen LogP contribution in [0.25, 0.3) is 0 Å². The number of carbonyl (C=O) groups is 1. The van der Waals surface area contributed by atoms with Crippen LogP contribution in [0.5, 0.6) is 0 Å². The van der Waals surface area contributed by atoms with Gasteiger partial charge in [-0.05, 0) is 6.42 Å². The van der Waals surface area contributed by atoms with Crippen molar-refractivity contribution in [2.75, 3.05) is 39.6 Å². The molecule has 0 radical (unpaired) electrons. The molecule has 0 fully saturated rings. The molecule has 27 heavy (non-hydrogen) atoms. The Morgan fingerprint density at radius 3 is 1.78 bits per heavy atom. The van der Waals surface area contributed by atoms with Gasteiger partial charge in [-0.2, -0.15) is 0 Å². The zero-order valence-electron chi connectivity index (χ0n) is 16.6. The Bertz CT molecular complexity index is 340. The Morgan fingerprint density at radius 1 is 0.741 bits per heavy atom. The van der Waals surface area contributed by atoms with E-state index in [0.29, 0.717) is 6.42 Å². The minimum atomic E-state index is -0.976. The normalized spacial score (nSPS) is 14.7. The summed E-state index contributed by atoms with van der Waals surface area (Å²) in [6, 6.07) is 0. The van der Waals surface area contributed by atoms with Gasteiger partial charge in [0.05, 0.1) is 33.0 Å². The van der Waals surface area contributed by atoms with Crippen LogP contribution in [0.15, 0.2) is 0 Å². The van der Waals surface area contributed by atoms with E-state index in [1.807, 2.05) is 0 Å². The van der Waals surface area contributed by atoms with E-state index in [0.717, 1.165) is 19.3 Å². The molecule has 4 N–H and O–H groups in total. The Labute approximate surface area is 162 Å². The molecule has 0 aromatic carbocycles. The number of ether oxygens (including phenoxy) is 3. The number of unbranched alkanes of at least 4 members (excludes halogenated alkanes) is 6. The second-order valence-corrected chi connectivity index (χ2v) is 6.77. The van der Waals surface area contributed by atoms with Gasteiger partial charge in [0.2, 0.25) is 0 Å². The summed E-state index contributed by atoms with van der Waals surface area (Å²) >= 11 is 0. The third-order valence-corrected chi connectivity index (χ3v) is 3.87. The van der Waals surface area contributed by atoms with Crippen molar-refractivity contribution < 1.29 is 39.4 Å². The highest BCUT2D eigenvalue weighted by Gasteiger charge is 2.12. The molecule has 162 valence electrons. The average molecular weight is 395 g/mol. The van der Waals surface area contributed by atoms with Gasteiger partial charge in [-0.1, -0.05) is 45.4 Å². The van der Waals surface area contributed by atoms with Gasteiger partial charge in [-0.3, -0.25) is 4.79 Å². The predicted octanol–water partition coefficient (Wildman–Crippen LogP) is 0.779. The number of aliphatic hydroxyl groups excluding tert-OH is 4. The zero-order valence-corrected chi connectivity index (χ0v) is 16.6. The molecular weight excluding hydrogens is 356 g/mol. The van der Waals surface area contributed by atoms with Crippen molar-refractivity contribution in [3.05, 3.63) is 0 Å². The van der Waals surface area contributed by atoms with Gasteiger partial charge in [0.1, 0.15) is 24.9 Å². The maximum absolute atomic E-state index is 11.6. The lowest BCUT2D eigenvalue weighted by molar-refractivity contribution is -0.148. The van der Waals surface area contributed by atoms with Crippen molar-refractivity contribution in [1.29, 1.82) is 0 Å². The molecule has 0 bridgehead atoms. The highest BCUT2D eigenvalue weighted by molar-refractivity contribution is 5.69. The molecule has 8 nitrogen and oxygen atoms in total. The fourth-order valence-electron chi connectivity index (χ4n) is 2.32. The van der Waals surface area contributed by atoms with Gasteiger partial charge in [0.15, 0.2) is 0 Å². The monoisotopic (exact) mass is 394 g/mol. The maximum atomic E-state index is 11.6. The first-order chi connectivity index (χ1) is 13.0. The molecule has 0 aliphatic rings. The summed E-state index contributed by atoms with van der Waals surface area (Å²) in [5.74, 6) is -0.321. The standard InChI is InChI=1S/C19H38O8/c1-2-3-4-5-6-7-8-9-19(24)27-15-18(23)14-26-13-17(22)12-25-11-16(21)10-20/h16-18,20-23H,2-15H2,1H3. The molecule has 3 unspecified atom stereocenters. The zero-order chi connectivity index (χ0) is 20.3. The maximum Gasteiger partial charge on any atom is 0.305 e. The van der Waals surface area contributed by atoms with Crippen molar-refractivity contribution in [3.63, 3.8) is 0 Å². The molecule has 0 spiro atoms. The van der Waals surface area contributed by atoms with Crippen LogP contribution in [0.4, 0.5) is 0 Å². The van der Waals surface area contributed by atoms with Crippen molar-refractivity contribution >= 4 is 5.97 Å². The summed E-state index contributed by atoms with van der Waals surface area (Å²) in [5, 5.41) is 37.0. The molecular formula is C19H38O8. The van der Waals surface area contributed by atoms with Gasteiger partial charge >= 0.3 is 5.97 Å².